The Hall–Kier alpha value is -1.18. The van der Waals surface area contributed by atoms with Gasteiger partial charge in [-0.3, -0.25) is 9.59 Å². The summed E-state index contributed by atoms with van der Waals surface area (Å²) >= 11 is 0. The third-order valence-electron chi connectivity index (χ3n) is 13.7. The highest BCUT2D eigenvalue weighted by atomic mass is 16.7. The Morgan fingerprint density at radius 3 is 2.43 bits per heavy atom. The van der Waals surface area contributed by atoms with Crippen LogP contribution in [0.5, 0.6) is 0 Å². The summed E-state index contributed by atoms with van der Waals surface area (Å²) in [6.45, 7) is 12.4. The summed E-state index contributed by atoms with van der Waals surface area (Å²) in [5.41, 5.74) is 0.728. The maximum atomic E-state index is 12.7. The van der Waals surface area contributed by atoms with E-state index in [1.807, 2.05) is 14.1 Å². The molecule has 238 valence electrons. The van der Waals surface area contributed by atoms with Gasteiger partial charge in [-0.2, -0.15) is 0 Å². The summed E-state index contributed by atoms with van der Waals surface area (Å²) < 4.78 is 13.5. The number of nitrogens with zero attached hydrogens (tertiary/aromatic N) is 1. The van der Waals surface area contributed by atoms with Crippen molar-refractivity contribution in [3.8, 4) is 0 Å². The zero-order valence-electron chi connectivity index (χ0n) is 27.4. The van der Waals surface area contributed by atoms with Gasteiger partial charge in [0, 0.05) is 24.9 Å². The van der Waals surface area contributed by atoms with Gasteiger partial charge < -0.3 is 25.0 Å². The van der Waals surface area contributed by atoms with Crippen LogP contribution in [0.4, 0.5) is 0 Å². The number of carbonyl (C=O) groups is 2. The number of hydrogen-bond donors (Lipinski definition) is 2. The lowest BCUT2D eigenvalue weighted by Crippen LogP contribution is -2.56. The highest BCUT2D eigenvalue weighted by molar-refractivity contribution is 5.96. The van der Waals surface area contributed by atoms with E-state index in [4.69, 9.17) is 9.47 Å². The van der Waals surface area contributed by atoms with Crippen molar-refractivity contribution in [2.24, 2.45) is 52.3 Å². The monoisotopic (exact) mass is 585 g/mol. The first-order valence-electron chi connectivity index (χ1n) is 17.5. The van der Waals surface area contributed by atoms with Gasteiger partial charge in [-0.15, -0.1) is 0 Å². The minimum absolute atomic E-state index is 0.0560. The fourth-order valence-electron chi connectivity index (χ4n) is 11.5. The number of fused-ring (bicyclic) bond motifs is 7. The Bertz CT molecular complexity index is 1010. The molecule has 4 saturated carbocycles. The standard InChI is InChI=1S/C35H59N3O4/c1-22-10-15-35(41-21-22)23(2)32-29(42-35)19-28-26-9-8-24-18-25(11-13-33(24,3)27(26)12-14-34(28,32)4)37-31(40)20-30(39)36-16-7-17-38(5)6/h22-29,32H,7-21H2,1-6H3,(H,36,39)(H,37,40)/t22-,23-,24+,25+,26+,27-,28-,29-,32-,33-,34-,35+/m0/s1. The lowest BCUT2D eigenvalue weighted by Gasteiger charge is -2.61. The third kappa shape index (κ3) is 5.36. The summed E-state index contributed by atoms with van der Waals surface area (Å²) in [5, 5.41) is 6.15. The molecule has 12 atom stereocenters. The van der Waals surface area contributed by atoms with E-state index in [9.17, 15) is 9.59 Å². The SMILES string of the molecule is C[C@H]1CC[C@@]2(OC1)O[C@H]1C[C@H]3[C@@H]4CC[C@@H]5C[C@H](NC(=O)CC(=O)NCCCN(C)C)CC[C@]5(C)[C@H]4CC[C@]3(C)[C@H]1[C@@H]2C. The lowest BCUT2D eigenvalue weighted by atomic mass is 9.44. The molecule has 7 heteroatoms. The molecular formula is C35H59N3O4. The van der Waals surface area contributed by atoms with E-state index < -0.39 is 0 Å². The van der Waals surface area contributed by atoms with Crippen molar-refractivity contribution in [1.82, 2.24) is 15.5 Å². The number of amides is 2. The van der Waals surface area contributed by atoms with Gasteiger partial charge in [0.2, 0.25) is 11.8 Å². The second-order valence-corrected chi connectivity index (χ2v) is 16.4. The van der Waals surface area contributed by atoms with Crippen LogP contribution in [0.25, 0.3) is 0 Å². The Morgan fingerprint density at radius 1 is 0.905 bits per heavy atom. The molecule has 0 aromatic heterocycles. The summed E-state index contributed by atoms with van der Waals surface area (Å²) in [4.78, 5) is 27.1. The van der Waals surface area contributed by atoms with Crippen molar-refractivity contribution in [3.05, 3.63) is 0 Å². The first-order valence-corrected chi connectivity index (χ1v) is 17.5. The molecule has 2 N–H and O–H groups in total. The van der Waals surface area contributed by atoms with E-state index in [1.165, 1.54) is 44.9 Å². The highest BCUT2D eigenvalue weighted by Gasteiger charge is 2.69. The quantitative estimate of drug-likeness (QED) is 0.310. The second-order valence-electron chi connectivity index (χ2n) is 16.4. The van der Waals surface area contributed by atoms with Crippen molar-refractivity contribution in [2.45, 2.75) is 123 Å². The predicted octanol–water partition coefficient (Wildman–Crippen LogP) is 5.38. The molecule has 6 rings (SSSR count). The van der Waals surface area contributed by atoms with Crippen LogP contribution in [-0.4, -0.2) is 68.4 Å². The summed E-state index contributed by atoms with van der Waals surface area (Å²) in [6.07, 6.45) is 13.3. The maximum absolute atomic E-state index is 12.7. The van der Waals surface area contributed by atoms with Gasteiger partial charge in [0.05, 0.1) is 12.7 Å². The van der Waals surface area contributed by atoms with E-state index in [-0.39, 0.29) is 30.1 Å². The Morgan fingerprint density at radius 2 is 1.69 bits per heavy atom. The Kier molecular flexibility index (Phi) is 8.54. The van der Waals surface area contributed by atoms with Gasteiger partial charge in [-0.05, 0) is 131 Å². The van der Waals surface area contributed by atoms with Crippen molar-refractivity contribution in [3.63, 3.8) is 0 Å². The zero-order valence-corrected chi connectivity index (χ0v) is 27.4. The normalized spacial score (nSPS) is 47.8. The van der Waals surface area contributed by atoms with Crippen LogP contribution in [-0.2, 0) is 19.1 Å². The molecule has 0 radical (unpaired) electrons. The van der Waals surface area contributed by atoms with Crippen LogP contribution >= 0.6 is 0 Å². The molecule has 42 heavy (non-hydrogen) atoms. The van der Waals surface area contributed by atoms with Crippen LogP contribution in [0.1, 0.15) is 105 Å². The molecular weight excluding hydrogens is 526 g/mol. The van der Waals surface area contributed by atoms with Gasteiger partial charge in [-0.25, -0.2) is 0 Å². The maximum Gasteiger partial charge on any atom is 0.229 e. The number of ether oxygens (including phenoxy) is 2. The first kappa shape index (κ1) is 30.8. The fourth-order valence-corrected chi connectivity index (χ4v) is 11.5. The number of rotatable bonds is 7. The molecule has 0 unspecified atom stereocenters. The van der Waals surface area contributed by atoms with Gasteiger partial charge in [-0.1, -0.05) is 27.7 Å². The molecule has 2 aliphatic heterocycles. The largest absolute Gasteiger partial charge is 0.356 e. The average Bonchev–Trinajstić information content (AvgIpc) is 3.38. The van der Waals surface area contributed by atoms with E-state index in [2.05, 4.69) is 43.2 Å². The average molecular weight is 586 g/mol. The molecule has 0 aromatic rings. The van der Waals surface area contributed by atoms with Crippen LogP contribution in [0, 0.1) is 52.3 Å². The van der Waals surface area contributed by atoms with Crippen molar-refractivity contribution in [1.29, 1.82) is 0 Å². The highest BCUT2D eigenvalue weighted by Crippen LogP contribution is 2.71. The number of nitrogens with one attached hydrogen (secondary N) is 2. The van der Waals surface area contributed by atoms with Crippen LogP contribution in [0.3, 0.4) is 0 Å². The topological polar surface area (TPSA) is 79.9 Å². The zero-order chi connectivity index (χ0) is 29.9. The summed E-state index contributed by atoms with van der Waals surface area (Å²) in [6, 6.07) is 0.206. The van der Waals surface area contributed by atoms with Crippen LogP contribution in [0.15, 0.2) is 0 Å². The Labute approximate surface area is 255 Å². The fraction of sp³-hybridized carbons (Fsp3) is 0.943. The Balaban J connectivity index is 1.04. The van der Waals surface area contributed by atoms with E-state index in [1.54, 1.807) is 0 Å². The molecule has 2 amide bonds. The van der Waals surface area contributed by atoms with Gasteiger partial charge >= 0.3 is 0 Å². The predicted molar refractivity (Wildman–Crippen MR) is 164 cm³/mol. The molecule has 2 saturated heterocycles. The molecule has 0 aromatic carbocycles. The summed E-state index contributed by atoms with van der Waals surface area (Å²) in [5.74, 6) is 4.17. The summed E-state index contributed by atoms with van der Waals surface area (Å²) in [7, 11) is 4.05. The lowest BCUT2D eigenvalue weighted by molar-refractivity contribution is -0.273. The van der Waals surface area contributed by atoms with Crippen molar-refractivity contribution < 1.29 is 19.1 Å². The molecule has 7 nitrogen and oxygen atoms in total. The second kappa shape index (κ2) is 11.6. The molecule has 2 heterocycles. The van der Waals surface area contributed by atoms with Gasteiger partial charge in [0.1, 0.15) is 6.42 Å². The smallest absolute Gasteiger partial charge is 0.229 e. The number of carbonyl (C=O) groups excluding carboxylic acids is 2. The molecule has 4 aliphatic carbocycles. The minimum Gasteiger partial charge on any atom is -0.356 e. The molecule has 6 fully saturated rings. The minimum atomic E-state index is -0.327. The van der Waals surface area contributed by atoms with E-state index in [0.717, 1.165) is 56.6 Å². The van der Waals surface area contributed by atoms with Gasteiger partial charge in [0.15, 0.2) is 5.79 Å². The van der Waals surface area contributed by atoms with E-state index >= 15 is 0 Å². The molecule has 6 aliphatic rings. The first-order chi connectivity index (χ1) is 19.9. The van der Waals surface area contributed by atoms with Crippen molar-refractivity contribution >= 4 is 11.8 Å². The van der Waals surface area contributed by atoms with Crippen LogP contribution in [0.2, 0.25) is 0 Å². The van der Waals surface area contributed by atoms with Crippen molar-refractivity contribution in [2.75, 3.05) is 33.8 Å². The molecule has 0 bridgehead atoms. The van der Waals surface area contributed by atoms with Crippen LogP contribution < -0.4 is 10.6 Å². The third-order valence-corrected chi connectivity index (χ3v) is 13.7. The molecule has 1 spiro atoms. The number of hydrogen-bond acceptors (Lipinski definition) is 5. The van der Waals surface area contributed by atoms with E-state index in [0.29, 0.717) is 47.2 Å². The van der Waals surface area contributed by atoms with Gasteiger partial charge in [0.25, 0.3) is 0 Å².